The van der Waals surface area contributed by atoms with Crippen LogP contribution in [0.1, 0.15) is 19.2 Å². The zero-order chi connectivity index (χ0) is 13.5. The van der Waals surface area contributed by atoms with E-state index in [1.807, 2.05) is 42.2 Å². The summed E-state index contributed by atoms with van der Waals surface area (Å²) in [4.78, 5) is 8.80. The third kappa shape index (κ3) is 3.98. The van der Waals surface area contributed by atoms with Gasteiger partial charge in [0.25, 0.3) is 0 Å². The number of hydrogen-bond donors (Lipinski definition) is 2. The van der Waals surface area contributed by atoms with E-state index in [1.165, 1.54) is 0 Å². The van der Waals surface area contributed by atoms with E-state index in [1.54, 1.807) is 0 Å². The summed E-state index contributed by atoms with van der Waals surface area (Å²) in [5.41, 5.74) is 0. The van der Waals surface area contributed by atoms with Crippen molar-refractivity contribution < 1.29 is 0 Å². The first-order chi connectivity index (χ1) is 9.29. The molecule has 19 heavy (non-hydrogen) atoms. The van der Waals surface area contributed by atoms with Crippen LogP contribution in [0.5, 0.6) is 0 Å². The van der Waals surface area contributed by atoms with E-state index >= 15 is 0 Å². The number of nitrogens with zero attached hydrogens (tertiary/aromatic N) is 3. The average molecular weight is 259 g/mol. The van der Waals surface area contributed by atoms with Crippen molar-refractivity contribution >= 4 is 11.6 Å². The summed E-state index contributed by atoms with van der Waals surface area (Å²) in [5.74, 6) is 2.90. The third-order valence-corrected chi connectivity index (χ3v) is 2.88. The number of pyridine rings is 1. The zero-order valence-corrected chi connectivity index (χ0v) is 11.6. The molecule has 0 atom stereocenters. The van der Waals surface area contributed by atoms with Crippen LogP contribution in [0.2, 0.25) is 0 Å². The fourth-order valence-electron chi connectivity index (χ4n) is 1.82. The third-order valence-electron chi connectivity index (χ3n) is 2.88. The van der Waals surface area contributed by atoms with Gasteiger partial charge in [-0.15, -0.1) is 0 Å². The van der Waals surface area contributed by atoms with Gasteiger partial charge >= 0.3 is 0 Å². The quantitative estimate of drug-likeness (QED) is 0.801. The predicted octanol–water partition coefficient (Wildman–Crippen LogP) is 2.29. The SMILES string of the molecule is CCCNc1cccc(NCCc2nccn2C)n1. The maximum atomic E-state index is 4.50. The van der Waals surface area contributed by atoms with Gasteiger partial charge in [0.1, 0.15) is 17.5 Å². The summed E-state index contributed by atoms with van der Waals surface area (Å²) in [7, 11) is 2.01. The molecule has 0 saturated heterocycles. The Labute approximate surface area is 114 Å². The number of hydrogen-bond acceptors (Lipinski definition) is 4. The Morgan fingerprint density at radius 1 is 1.16 bits per heavy atom. The highest BCUT2D eigenvalue weighted by atomic mass is 15.1. The van der Waals surface area contributed by atoms with Crippen molar-refractivity contribution in [2.45, 2.75) is 19.8 Å². The molecular formula is C14H21N5. The molecule has 5 heteroatoms. The molecule has 2 heterocycles. The number of rotatable bonds is 7. The lowest BCUT2D eigenvalue weighted by molar-refractivity contribution is 0.788. The monoisotopic (exact) mass is 259 g/mol. The normalized spacial score (nSPS) is 10.4. The summed E-state index contributed by atoms with van der Waals surface area (Å²) < 4.78 is 2.04. The van der Waals surface area contributed by atoms with Crippen molar-refractivity contribution in [1.29, 1.82) is 0 Å². The summed E-state index contributed by atoms with van der Waals surface area (Å²) in [6, 6.07) is 5.98. The Bertz CT molecular complexity index is 506. The molecule has 0 fully saturated rings. The van der Waals surface area contributed by atoms with Gasteiger partial charge in [-0.25, -0.2) is 9.97 Å². The second-order valence-corrected chi connectivity index (χ2v) is 4.47. The van der Waals surface area contributed by atoms with Gasteiger partial charge in [0, 0.05) is 39.0 Å². The van der Waals surface area contributed by atoms with Gasteiger partial charge in [-0.1, -0.05) is 13.0 Å². The van der Waals surface area contributed by atoms with E-state index in [4.69, 9.17) is 0 Å². The van der Waals surface area contributed by atoms with E-state index in [-0.39, 0.29) is 0 Å². The van der Waals surface area contributed by atoms with Gasteiger partial charge in [-0.3, -0.25) is 0 Å². The van der Waals surface area contributed by atoms with Gasteiger partial charge < -0.3 is 15.2 Å². The molecule has 5 nitrogen and oxygen atoms in total. The van der Waals surface area contributed by atoms with Crippen LogP contribution in [0, 0.1) is 0 Å². The Balaban J connectivity index is 1.84. The first kappa shape index (κ1) is 13.4. The maximum Gasteiger partial charge on any atom is 0.128 e. The van der Waals surface area contributed by atoms with Crippen molar-refractivity contribution in [2.75, 3.05) is 23.7 Å². The van der Waals surface area contributed by atoms with Crippen molar-refractivity contribution in [1.82, 2.24) is 14.5 Å². The van der Waals surface area contributed by atoms with Crippen LogP contribution >= 0.6 is 0 Å². The smallest absolute Gasteiger partial charge is 0.128 e. The van der Waals surface area contributed by atoms with Crippen molar-refractivity contribution in [2.24, 2.45) is 7.05 Å². The molecule has 102 valence electrons. The minimum Gasteiger partial charge on any atom is -0.370 e. The number of aryl methyl sites for hydroxylation is 1. The lowest BCUT2D eigenvalue weighted by Gasteiger charge is -2.08. The molecule has 0 bridgehead atoms. The minimum absolute atomic E-state index is 0.828. The first-order valence-electron chi connectivity index (χ1n) is 6.70. The number of imidazole rings is 1. The van der Waals surface area contributed by atoms with E-state index in [2.05, 4.69) is 27.5 Å². The number of nitrogens with one attached hydrogen (secondary N) is 2. The molecule has 2 aromatic heterocycles. The summed E-state index contributed by atoms with van der Waals surface area (Å²) in [6.07, 6.45) is 5.77. The van der Waals surface area contributed by atoms with Gasteiger partial charge in [-0.05, 0) is 18.6 Å². The van der Waals surface area contributed by atoms with Gasteiger partial charge in [0.15, 0.2) is 0 Å². The average Bonchev–Trinajstić information content (AvgIpc) is 2.83. The molecule has 0 saturated carbocycles. The molecule has 0 spiro atoms. The molecule has 0 aliphatic heterocycles. The molecule has 0 aliphatic carbocycles. The highest BCUT2D eigenvalue weighted by molar-refractivity contribution is 5.45. The predicted molar refractivity (Wildman–Crippen MR) is 78.4 cm³/mol. The molecule has 0 unspecified atom stereocenters. The van der Waals surface area contributed by atoms with Crippen LogP contribution in [0.3, 0.4) is 0 Å². The maximum absolute atomic E-state index is 4.50. The molecule has 0 radical (unpaired) electrons. The highest BCUT2D eigenvalue weighted by Crippen LogP contribution is 2.09. The van der Waals surface area contributed by atoms with Crippen LogP contribution < -0.4 is 10.6 Å². The fourth-order valence-corrected chi connectivity index (χ4v) is 1.82. The van der Waals surface area contributed by atoms with Gasteiger partial charge in [0.2, 0.25) is 0 Å². The summed E-state index contributed by atoms with van der Waals surface area (Å²) in [5, 5.41) is 6.60. The van der Waals surface area contributed by atoms with E-state index < -0.39 is 0 Å². The fraction of sp³-hybridized carbons (Fsp3) is 0.429. The van der Waals surface area contributed by atoms with Crippen LogP contribution in [-0.2, 0) is 13.5 Å². The lowest BCUT2D eigenvalue weighted by atomic mass is 10.3. The largest absolute Gasteiger partial charge is 0.370 e. The van der Waals surface area contributed by atoms with Crippen molar-refractivity contribution in [3.63, 3.8) is 0 Å². The van der Waals surface area contributed by atoms with Crippen LogP contribution in [-0.4, -0.2) is 27.6 Å². The topological polar surface area (TPSA) is 54.8 Å². The molecular weight excluding hydrogens is 238 g/mol. The summed E-state index contributed by atoms with van der Waals surface area (Å²) in [6.45, 7) is 3.92. The summed E-state index contributed by atoms with van der Waals surface area (Å²) >= 11 is 0. The van der Waals surface area contributed by atoms with Gasteiger partial charge in [-0.2, -0.15) is 0 Å². The first-order valence-corrected chi connectivity index (χ1v) is 6.70. The van der Waals surface area contributed by atoms with Crippen LogP contribution in [0.25, 0.3) is 0 Å². The lowest BCUT2D eigenvalue weighted by Crippen LogP contribution is -2.10. The van der Waals surface area contributed by atoms with E-state index in [9.17, 15) is 0 Å². The molecule has 0 aromatic carbocycles. The number of aromatic nitrogens is 3. The molecule has 0 aliphatic rings. The van der Waals surface area contributed by atoms with Crippen molar-refractivity contribution in [3.8, 4) is 0 Å². The van der Waals surface area contributed by atoms with Crippen LogP contribution in [0.15, 0.2) is 30.6 Å². The highest BCUT2D eigenvalue weighted by Gasteiger charge is 2.00. The Morgan fingerprint density at radius 3 is 2.53 bits per heavy atom. The van der Waals surface area contributed by atoms with E-state index in [0.717, 1.165) is 43.4 Å². The van der Waals surface area contributed by atoms with Gasteiger partial charge in [0.05, 0.1) is 0 Å². The Morgan fingerprint density at radius 2 is 1.89 bits per heavy atom. The second kappa shape index (κ2) is 6.78. The van der Waals surface area contributed by atoms with E-state index in [0.29, 0.717) is 0 Å². The molecule has 2 rings (SSSR count). The standard InChI is InChI=1S/C14H21N5/c1-3-8-15-12-5-4-6-13(18-12)16-9-7-14-17-10-11-19(14)2/h4-6,10-11H,3,7-9H2,1-2H3,(H2,15,16,18). The molecule has 0 amide bonds. The Hall–Kier alpha value is -2.04. The molecule has 2 aromatic rings. The number of anilines is 2. The zero-order valence-electron chi connectivity index (χ0n) is 11.6. The van der Waals surface area contributed by atoms with Crippen molar-refractivity contribution in [3.05, 3.63) is 36.4 Å². The Kier molecular flexibility index (Phi) is 4.78. The second-order valence-electron chi connectivity index (χ2n) is 4.47. The molecule has 2 N–H and O–H groups in total. The minimum atomic E-state index is 0.828. The van der Waals surface area contributed by atoms with Crippen LogP contribution in [0.4, 0.5) is 11.6 Å².